The molecular weight excluding hydrogens is 140 g/mol. The van der Waals surface area contributed by atoms with Crippen LogP contribution in [-0.2, 0) is 9.59 Å². The van der Waals surface area contributed by atoms with Crippen molar-refractivity contribution in [3.8, 4) is 0 Å². The molecule has 0 aromatic heterocycles. The number of carbonyl (C=O) groups is 2. The van der Waals surface area contributed by atoms with Crippen LogP contribution in [0.5, 0.6) is 0 Å². The summed E-state index contributed by atoms with van der Waals surface area (Å²) in [6.07, 6.45) is -3.84. The third kappa shape index (κ3) is 2.12. The Morgan fingerprint density at radius 3 is 1.70 bits per heavy atom. The van der Waals surface area contributed by atoms with Crippen LogP contribution in [0.3, 0.4) is 0 Å². The van der Waals surface area contributed by atoms with E-state index in [1.807, 2.05) is 0 Å². The minimum atomic E-state index is -2.02. The number of aliphatic carboxylic acids is 1. The van der Waals surface area contributed by atoms with Gasteiger partial charge >= 0.3 is 5.97 Å². The van der Waals surface area contributed by atoms with Gasteiger partial charge in [0.1, 0.15) is 6.10 Å². The van der Waals surface area contributed by atoms with E-state index in [2.05, 4.69) is 0 Å². The van der Waals surface area contributed by atoms with Crippen LogP contribution in [-0.4, -0.2) is 39.3 Å². The first-order valence-corrected chi connectivity index (χ1v) is 2.56. The number of aliphatic hydroxyl groups is 2. The van der Waals surface area contributed by atoms with Crippen LogP contribution < -0.4 is 0 Å². The molecule has 10 heavy (non-hydrogen) atoms. The zero-order chi connectivity index (χ0) is 8.31. The lowest BCUT2D eigenvalue weighted by atomic mass is 10.1. The van der Waals surface area contributed by atoms with Crippen LogP contribution in [0.4, 0.5) is 0 Å². The van der Waals surface area contributed by atoms with E-state index in [1.165, 1.54) is 0 Å². The Hall–Kier alpha value is -0.940. The molecule has 0 aliphatic heterocycles. The lowest BCUT2D eigenvalue weighted by Gasteiger charge is -2.08. The first-order chi connectivity index (χ1) is 4.46. The summed E-state index contributed by atoms with van der Waals surface area (Å²) in [5.74, 6) is -2.38. The molecule has 0 bridgehead atoms. The highest BCUT2D eigenvalue weighted by atomic mass is 16.4. The van der Waals surface area contributed by atoms with Crippen molar-refractivity contribution in [3.05, 3.63) is 0 Å². The fourth-order valence-corrected chi connectivity index (χ4v) is 0.357. The number of rotatable bonds is 3. The summed E-state index contributed by atoms with van der Waals surface area (Å²) in [5, 5.41) is 25.1. The molecule has 0 unspecified atom stereocenters. The lowest BCUT2D eigenvalue weighted by Crippen LogP contribution is -2.38. The number of carboxylic acids is 1. The van der Waals surface area contributed by atoms with Crippen molar-refractivity contribution < 1.29 is 24.9 Å². The van der Waals surface area contributed by atoms with Crippen molar-refractivity contribution in [1.82, 2.24) is 0 Å². The standard InChI is InChI=1S/C5H8O5/c1-2(6)3(7)4(8)5(9)10/h3-4,7-8H,1H3,(H,9,10)/t3-,4-/m1/s1. The third-order valence-corrected chi connectivity index (χ3v) is 0.969. The highest BCUT2D eigenvalue weighted by molar-refractivity contribution is 5.87. The fraction of sp³-hybridized carbons (Fsp3) is 0.600. The molecule has 5 nitrogen and oxygen atoms in total. The molecule has 0 spiro atoms. The van der Waals surface area contributed by atoms with Gasteiger partial charge in [-0.1, -0.05) is 0 Å². The highest BCUT2D eigenvalue weighted by Gasteiger charge is 2.26. The van der Waals surface area contributed by atoms with Crippen LogP contribution in [0.2, 0.25) is 0 Å². The van der Waals surface area contributed by atoms with E-state index in [9.17, 15) is 9.59 Å². The second-order valence-corrected chi connectivity index (χ2v) is 1.84. The predicted molar refractivity (Wildman–Crippen MR) is 30.3 cm³/mol. The summed E-state index contributed by atoms with van der Waals surface area (Å²) in [6, 6.07) is 0. The highest BCUT2D eigenvalue weighted by Crippen LogP contribution is 1.93. The molecule has 0 heterocycles. The average Bonchev–Trinajstić information content (AvgIpc) is 1.84. The number of aliphatic hydroxyl groups excluding tert-OH is 2. The van der Waals surface area contributed by atoms with Gasteiger partial charge in [-0.15, -0.1) is 0 Å². The molecule has 0 amide bonds. The summed E-state index contributed by atoms with van der Waals surface area (Å²) in [4.78, 5) is 20.1. The Morgan fingerprint density at radius 2 is 1.60 bits per heavy atom. The largest absolute Gasteiger partial charge is 0.479 e. The number of ketones is 1. The summed E-state index contributed by atoms with van der Waals surface area (Å²) in [7, 11) is 0. The van der Waals surface area contributed by atoms with Gasteiger partial charge in [0.15, 0.2) is 11.9 Å². The number of carbonyl (C=O) groups excluding carboxylic acids is 1. The molecule has 0 aromatic rings. The number of carboxylic acid groups (broad SMARTS) is 1. The van der Waals surface area contributed by atoms with E-state index in [0.29, 0.717) is 0 Å². The monoisotopic (exact) mass is 148 g/mol. The van der Waals surface area contributed by atoms with E-state index >= 15 is 0 Å². The van der Waals surface area contributed by atoms with Crippen molar-refractivity contribution in [1.29, 1.82) is 0 Å². The molecule has 0 aliphatic rings. The van der Waals surface area contributed by atoms with Crippen LogP contribution in [0.1, 0.15) is 6.92 Å². The van der Waals surface area contributed by atoms with E-state index in [-0.39, 0.29) is 0 Å². The molecule has 58 valence electrons. The van der Waals surface area contributed by atoms with Crippen LogP contribution >= 0.6 is 0 Å². The van der Waals surface area contributed by atoms with Gasteiger partial charge in [-0.2, -0.15) is 0 Å². The van der Waals surface area contributed by atoms with Crippen LogP contribution in [0, 0.1) is 0 Å². The molecule has 0 fully saturated rings. The quantitative estimate of drug-likeness (QED) is 0.447. The van der Waals surface area contributed by atoms with Gasteiger partial charge in [-0.25, -0.2) is 4.79 Å². The number of hydrogen-bond donors (Lipinski definition) is 3. The van der Waals surface area contributed by atoms with Crippen molar-refractivity contribution in [2.75, 3.05) is 0 Å². The molecular formula is C5H8O5. The maximum absolute atomic E-state index is 10.2. The predicted octanol–water partition coefficient (Wildman–Crippen LogP) is -1.62. The molecule has 3 N–H and O–H groups in total. The third-order valence-electron chi connectivity index (χ3n) is 0.969. The molecule has 0 aliphatic carbocycles. The average molecular weight is 148 g/mol. The van der Waals surface area contributed by atoms with Gasteiger partial charge in [0, 0.05) is 0 Å². The van der Waals surface area contributed by atoms with Gasteiger partial charge in [-0.05, 0) is 6.92 Å². The Balaban J connectivity index is 4.07. The summed E-state index contributed by atoms with van der Waals surface area (Å²) in [6.45, 7) is 0.997. The van der Waals surface area contributed by atoms with Gasteiger partial charge in [0.05, 0.1) is 0 Å². The summed E-state index contributed by atoms with van der Waals surface area (Å²) < 4.78 is 0. The zero-order valence-corrected chi connectivity index (χ0v) is 5.31. The van der Waals surface area contributed by atoms with Gasteiger partial charge in [-0.3, -0.25) is 4.79 Å². The molecule has 0 saturated carbocycles. The van der Waals surface area contributed by atoms with E-state index < -0.39 is 24.0 Å². The second kappa shape index (κ2) is 3.28. The summed E-state index contributed by atoms with van der Waals surface area (Å²) >= 11 is 0. The normalized spacial score (nSPS) is 15.9. The SMILES string of the molecule is CC(=O)[C@@H](O)[C@@H](O)C(=O)O. The molecule has 2 atom stereocenters. The van der Waals surface area contributed by atoms with Crippen molar-refractivity contribution in [2.24, 2.45) is 0 Å². The van der Waals surface area contributed by atoms with Gasteiger partial charge < -0.3 is 15.3 Å². The molecule has 0 rings (SSSR count). The fourth-order valence-electron chi connectivity index (χ4n) is 0.357. The first-order valence-electron chi connectivity index (χ1n) is 2.56. The maximum Gasteiger partial charge on any atom is 0.335 e. The maximum atomic E-state index is 10.2. The number of hydrogen-bond acceptors (Lipinski definition) is 4. The Morgan fingerprint density at radius 1 is 1.20 bits per heavy atom. The molecule has 0 radical (unpaired) electrons. The van der Waals surface area contributed by atoms with Crippen molar-refractivity contribution in [3.63, 3.8) is 0 Å². The lowest BCUT2D eigenvalue weighted by molar-refractivity contribution is -0.156. The van der Waals surface area contributed by atoms with Crippen molar-refractivity contribution in [2.45, 2.75) is 19.1 Å². The molecule has 0 saturated heterocycles. The first kappa shape index (κ1) is 9.06. The minimum absolute atomic E-state index is 0.769. The van der Waals surface area contributed by atoms with E-state index in [4.69, 9.17) is 15.3 Å². The molecule has 0 aromatic carbocycles. The topological polar surface area (TPSA) is 94.8 Å². The zero-order valence-electron chi connectivity index (χ0n) is 5.31. The Bertz CT molecular complexity index is 134. The van der Waals surface area contributed by atoms with Gasteiger partial charge in [0.25, 0.3) is 0 Å². The Labute approximate surface area is 56.9 Å². The van der Waals surface area contributed by atoms with Gasteiger partial charge in [0.2, 0.25) is 0 Å². The smallest absolute Gasteiger partial charge is 0.335 e. The van der Waals surface area contributed by atoms with E-state index in [1.54, 1.807) is 0 Å². The second-order valence-electron chi connectivity index (χ2n) is 1.84. The minimum Gasteiger partial charge on any atom is -0.479 e. The number of Topliss-reactive ketones (excluding diaryl/α,β-unsaturated/α-hetero) is 1. The summed E-state index contributed by atoms with van der Waals surface area (Å²) in [5.41, 5.74) is 0. The van der Waals surface area contributed by atoms with E-state index in [0.717, 1.165) is 6.92 Å². The molecule has 5 heteroatoms. The van der Waals surface area contributed by atoms with Crippen LogP contribution in [0.15, 0.2) is 0 Å². The van der Waals surface area contributed by atoms with Crippen LogP contribution in [0.25, 0.3) is 0 Å². The Kier molecular flexibility index (Phi) is 2.98. The van der Waals surface area contributed by atoms with Crippen molar-refractivity contribution >= 4 is 11.8 Å².